The fourth-order valence-corrected chi connectivity index (χ4v) is 4.71. The van der Waals surface area contributed by atoms with Crippen molar-refractivity contribution >= 4 is 57.6 Å². The van der Waals surface area contributed by atoms with Crippen LogP contribution < -0.4 is 14.4 Å². The maximum Gasteiger partial charge on any atom is 0.270 e. The molecule has 0 aromatic heterocycles. The minimum atomic E-state index is -0.325. The predicted molar refractivity (Wildman–Crippen MR) is 135 cm³/mol. The van der Waals surface area contributed by atoms with Crippen LogP contribution in [0.1, 0.15) is 18.1 Å². The molecule has 0 spiro atoms. The number of benzene rings is 3. The van der Waals surface area contributed by atoms with Crippen LogP contribution in [0.3, 0.4) is 0 Å². The van der Waals surface area contributed by atoms with Crippen LogP contribution in [0.25, 0.3) is 6.08 Å². The van der Waals surface area contributed by atoms with Crippen LogP contribution in [0.15, 0.2) is 71.6 Å². The number of anilines is 1. The second-order valence-corrected chi connectivity index (χ2v) is 9.13. The van der Waals surface area contributed by atoms with Gasteiger partial charge in [0.1, 0.15) is 12.4 Å². The minimum absolute atomic E-state index is 0.0738. The standard InChI is InChI=1S/C25H19ClFNO3S2/c1-2-30-22-12-16(10-11-21(22)31-15-17-6-3-4-9-20(17)27)13-23-24(29)28(25(32)33-23)19-8-5-7-18(26)14-19/h3-14H,2,15H2,1H3/b23-13+. The van der Waals surface area contributed by atoms with E-state index in [1.54, 1.807) is 60.7 Å². The number of hydrogen-bond donors (Lipinski definition) is 0. The maximum absolute atomic E-state index is 13.9. The quantitative estimate of drug-likeness (QED) is 0.262. The molecule has 0 atom stereocenters. The Hall–Kier alpha value is -2.87. The lowest BCUT2D eigenvalue weighted by atomic mass is 10.1. The highest BCUT2D eigenvalue weighted by Crippen LogP contribution is 2.38. The number of ether oxygens (including phenoxy) is 2. The summed E-state index contributed by atoms with van der Waals surface area (Å²) in [5.74, 6) is 0.454. The summed E-state index contributed by atoms with van der Waals surface area (Å²) in [6.45, 7) is 2.37. The summed E-state index contributed by atoms with van der Waals surface area (Å²) < 4.78 is 25.9. The zero-order chi connectivity index (χ0) is 23.4. The Kier molecular flexibility index (Phi) is 7.33. The van der Waals surface area contributed by atoms with Gasteiger partial charge in [-0.3, -0.25) is 9.69 Å². The van der Waals surface area contributed by atoms with E-state index in [-0.39, 0.29) is 18.3 Å². The van der Waals surface area contributed by atoms with Crippen molar-refractivity contribution in [2.45, 2.75) is 13.5 Å². The SMILES string of the molecule is CCOc1cc(/C=C2/SC(=S)N(c3cccc(Cl)c3)C2=O)ccc1OCc1ccccc1F. The van der Waals surface area contributed by atoms with Gasteiger partial charge < -0.3 is 9.47 Å². The first-order chi connectivity index (χ1) is 16.0. The van der Waals surface area contributed by atoms with E-state index in [0.717, 1.165) is 5.56 Å². The molecule has 1 amide bonds. The molecule has 168 valence electrons. The number of hydrogen-bond acceptors (Lipinski definition) is 5. The Morgan fingerprint density at radius 1 is 1.06 bits per heavy atom. The highest BCUT2D eigenvalue weighted by molar-refractivity contribution is 8.27. The zero-order valence-electron chi connectivity index (χ0n) is 17.6. The molecule has 33 heavy (non-hydrogen) atoms. The molecule has 1 aliphatic rings. The summed E-state index contributed by atoms with van der Waals surface area (Å²) in [6, 6.07) is 18.8. The van der Waals surface area contributed by atoms with Gasteiger partial charge in [0.2, 0.25) is 0 Å². The fourth-order valence-electron chi connectivity index (χ4n) is 3.23. The van der Waals surface area contributed by atoms with Gasteiger partial charge in [-0.15, -0.1) is 0 Å². The Labute approximate surface area is 206 Å². The second-order valence-electron chi connectivity index (χ2n) is 7.02. The van der Waals surface area contributed by atoms with E-state index in [1.807, 2.05) is 13.0 Å². The van der Waals surface area contributed by atoms with Crippen molar-refractivity contribution in [3.63, 3.8) is 0 Å². The lowest BCUT2D eigenvalue weighted by Crippen LogP contribution is -2.27. The van der Waals surface area contributed by atoms with E-state index in [9.17, 15) is 9.18 Å². The van der Waals surface area contributed by atoms with Gasteiger partial charge in [0.15, 0.2) is 15.8 Å². The molecule has 1 aliphatic heterocycles. The Morgan fingerprint density at radius 3 is 2.64 bits per heavy atom. The number of carbonyl (C=O) groups is 1. The molecule has 3 aromatic rings. The van der Waals surface area contributed by atoms with Crippen LogP contribution in [0.5, 0.6) is 11.5 Å². The molecule has 0 bridgehead atoms. The summed E-state index contributed by atoms with van der Waals surface area (Å²) in [5, 5.41) is 0.526. The van der Waals surface area contributed by atoms with Crippen molar-refractivity contribution in [1.29, 1.82) is 0 Å². The van der Waals surface area contributed by atoms with Crippen LogP contribution in [-0.4, -0.2) is 16.8 Å². The van der Waals surface area contributed by atoms with Crippen molar-refractivity contribution in [2.24, 2.45) is 0 Å². The van der Waals surface area contributed by atoms with E-state index >= 15 is 0 Å². The molecule has 1 saturated heterocycles. The minimum Gasteiger partial charge on any atom is -0.490 e. The molecule has 0 radical (unpaired) electrons. The first-order valence-electron chi connectivity index (χ1n) is 10.1. The number of amides is 1. The number of rotatable bonds is 7. The van der Waals surface area contributed by atoms with Crippen LogP contribution in [0.2, 0.25) is 5.02 Å². The van der Waals surface area contributed by atoms with Gasteiger partial charge in [0.25, 0.3) is 5.91 Å². The number of thioether (sulfide) groups is 1. The summed E-state index contributed by atoms with van der Waals surface area (Å²) in [7, 11) is 0. The Balaban J connectivity index is 1.56. The molecule has 3 aromatic carbocycles. The van der Waals surface area contributed by atoms with Gasteiger partial charge in [0, 0.05) is 10.6 Å². The number of halogens is 2. The van der Waals surface area contributed by atoms with Crippen LogP contribution in [0, 0.1) is 5.82 Å². The first kappa shape index (κ1) is 23.3. The van der Waals surface area contributed by atoms with Crippen molar-refractivity contribution in [3.05, 3.63) is 93.6 Å². The lowest BCUT2D eigenvalue weighted by molar-refractivity contribution is -0.113. The molecule has 0 unspecified atom stereocenters. The maximum atomic E-state index is 13.9. The highest BCUT2D eigenvalue weighted by Gasteiger charge is 2.33. The van der Waals surface area contributed by atoms with E-state index in [4.69, 9.17) is 33.3 Å². The molecule has 1 fully saturated rings. The summed E-state index contributed by atoms with van der Waals surface area (Å²) >= 11 is 12.7. The third kappa shape index (κ3) is 5.38. The van der Waals surface area contributed by atoms with Gasteiger partial charge >= 0.3 is 0 Å². The van der Waals surface area contributed by atoms with Gasteiger partial charge in [-0.2, -0.15) is 0 Å². The predicted octanol–water partition coefficient (Wildman–Crippen LogP) is 6.86. The molecular weight excluding hydrogens is 481 g/mol. The smallest absolute Gasteiger partial charge is 0.270 e. The van der Waals surface area contributed by atoms with Crippen LogP contribution in [0.4, 0.5) is 10.1 Å². The lowest BCUT2D eigenvalue weighted by Gasteiger charge is -2.14. The number of thiocarbonyl (C=S) groups is 1. The number of carbonyl (C=O) groups excluding carboxylic acids is 1. The molecule has 4 rings (SSSR count). The Morgan fingerprint density at radius 2 is 1.88 bits per heavy atom. The van der Waals surface area contributed by atoms with E-state index in [0.29, 0.717) is 43.6 Å². The molecular formula is C25H19ClFNO3S2. The van der Waals surface area contributed by atoms with Crippen molar-refractivity contribution in [1.82, 2.24) is 0 Å². The van der Waals surface area contributed by atoms with E-state index in [1.165, 1.54) is 22.7 Å². The fraction of sp³-hybridized carbons (Fsp3) is 0.120. The van der Waals surface area contributed by atoms with Crippen LogP contribution in [-0.2, 0) is 11.4 Å². The normalized spacial score (nSPS) is 14.8. The third-order valence-corrected chi connectivity index (χ3v) is 6.30. The summed E-state index contributed by atoms with van der Waals surface area (Å²) in [6.07, 6.45) is 1.76. The molecule has 8 heteroatoms. The van der Waals surface area contributed by atoms with Gasteiger partial charge in [-0.1, -0.05) is 65.9 Å². The topological polar surface area (TPSA) is 38.8 Å². The summed E-state index contributed by atoms with van der Waals surface area (Å²) in [5.41, 5.74) is 1.83. The van der Waals surface area contributed by atoms with E-state index < -0.39 is 0 Å². The second kappa shape index (κ2) is 10.4. The summed E-state index contributed by atoms with van der Waals surface area (Å²) in [4.78, 5) is 15.0. The Bertz CT molecular complexity index is 1250. The van der Waals surface area contributed by atoms with Crippen molar-refractivity contribution in [3.8, 4) is 11.5 Å². The van der Waals surface area contributed by atoms with Crippen molar-refractivity contribution in [2.75, 3.05) is 11.5 Å². The average Bonchev–Trinajstić information content (AvgIpc) is 3.07. The largest absolute Gasteiger partial charge is 0.490 e. The molecule has 0 N–H and O–H groups in total. The zero-order valence-corrected chi connectivity index (χ0v) is 20.0. The molecule has 0 saturated carbocycles. The first-order valence-corrected chi connectivity index (χ1v) is 11.7. The molecule has 0 aliphatic carbocycles. The molecule has 1 heterocycles. The van der Waals surface area contributed by atoms with Gasteiger partial charge in [-0.25, -0.2) is 4.39 Å². The number of nitrogens with zero attached hydrogens (tertiary/aromatic N) is 1. The average molecular weight is 500 g/mol. The third-order valence-electron chi connectivity index (χ3n) is 4.77. The highest BCUT2D eigenvalue weighted by atomic mass is 35.5. The van der Waals surface area contributed by atoms with Crippen molar-refractivity contribution < 1.29 is 18.7 Å². The van der Waals surface area contributed by atoms with Gasteiger partial charge in [-0.05, 0) is 55.0 Å². The monoisotopic (exact) mass is 499 g/mol. The van der Waals surface area contributed by atoms with E-state index in [2.05, 4.69) is 0 Å². The molecule has 4 nitrogen and oxygen atoms in total. The van der Waals surface area contributed by atoms with Crippen LogP contribution >= 0.6 is 35.6 Å². The van der Waals surface area contributed by atoms with Gasteiger partial charge in [0.05, 0.1) is 17.2 Å².